The van der Waals surface area contributed by atoms with Crippen molar-refractivity contribution in [3.63, 3.8) is 0 Å². The molecule has 4 aromatic rings. The summed E-state index contributed by atoms with van der Waals surface area (Å²) in [5.74, 6) is 1.36. The van der Waals surface area contributed by atoms with Gasteiger partial charge < -0.3 is 19.9 Å². The van der Waals surface area contributed by atoms with Gasteiger partial charge in [-0.2, -0.15) is 15.2 Å². The first kappa shape index (κ1) is 25.5. The molecule has 11 heteroatoms. The quantitative estimate of drug-likeness (QED) is 0.354. The van der Waals surface area contributed by atoms with Gasteiger partial charge in [0.2, 0.25) is 11.8 Å². The number of imidazole rings is 1. The lowest BCUT2D eigenvalue weighted by Crippen LogP contribution is -2.43. The zero-order chi connectivity index (χ0) is 27.4. The van der Waals surface area contributed by atoms with Crippen LogP contribution in [0.25, 0.3) is 21.3 Å². The van der Waals surface area contributed by atoms with E-state index in [1.807, 2.05) is 4.57 Å². The highest BCUT2D eigenvalue weighted by molar-refractivity contribution is 7.23. The summed E-state index contributed by atoms with van der Waals surface area (Å²) in [5, 5.41) is 10.6. The lowest BCUT2D eigenvalue weighted by atomic mass is 9.95. The number of nitrogen functional groups attached to an aromatic ring is 1. The first-order valence-corrected chi connectivity index (χ1v) is 15.0. The summed E-state index contributed by atoms with van der Waals surface area (Å²) in [6.07, 6.45) is 8.75. The number of nitriles is 1. The third-order valence-electron chi connectivity index (χ3n) is 9.01. The van der Waals surface area contributed by atoms with Gasteiger partial charge >= 0.3 is 0 Å². The van der Waals surface area contributed by atoms with Gasteiger partial charge in [0.15, 0.2) is 11.2 Å². The van der Waals surface area contributed by atoms with E-state index < -0.39 is 0 Å². The SMILES string of the molecule is C[C@@H]1CCCN(c2nc(OCC34CCCN3CCC4)c3ncn(Cc4ccc(F)c5sc(N)c(C#N)c45)c3n2)C1. The van der Waals surface area contributed by atoms with Crippen molar-refractivity contribution in [2.75, 3.05) is 43.4 Å². The highest BCUT2D eigenvalue weighted by Gasteiger charge is 2.45. The fourth-order valence-electron chi connectivity index (χ4n) is 6.98. The van der Waals surface area contributed by atoms with Crippen molar-refractivity contribution in [2.24, 2.45) is 5.92 Å². The Balaban J connectivity index is 1.30. The molecule has 6 heterocycles. The van der Waals surface area contributed by atoms with Crippen molar-refractivity contribution in [1.29, 1.82) is 5.26 Å². The van der Waals surface area contributed by atoms with Gasteiger partial charge in [-0.05, 0) is 69.2 Å². The normalized spacial score (nSPS) is 20.8. The van der Waals surface area contributed by atoms with Crippen LogP contribution in [0.1, 0.15) is 56.6 Å². The van der Waals surface area contributed by atoms with Crippen molar-refractivity contribution >= 4 is 43.5 Å². The molecule has 3 aliphatic heterocycles. The second kappa shape index (κ2) is 9.85. The number of nitrogens with zero attached hydrogens (tertiary/aromatic N) is 7. The minimum absolute atomic E-state index is 0.0892. The number of rotatable bonds is 6. The summed E-state index contributed by atoms with van der Waals surface area (Å²) in [6, 6.07) is 5.32. The molecule has 9 nitrogen and oxygen atoms in total. The monoisotopic (exact) mass is 560 g/mol. The van der Waals surface area contributed by atoms with E-state index >= 15 is 0 Å². The van der Waals surface area contributed by atoms with Gasteiger partial charge in [0.05, 0.1) is 28.7 Å². The second-order valence-corrected chi connectivity index (χ2v) is 12.7. The maximum absolute atomic E-state index is 14.7. The average Bonchev–Trinajstić information content (AvgIpc) is 3.71. The fourth-order valence-corrected chi connectivity index (χ4v) is 7.95. The summed E-state index contributed by atoms with van der Waals surface area (Å²) in [6.45, 7) is 7.30. The van der Waals surface area contributed by atoms with E-state index in [2.05, 4.69) is 22.8 Å². The number of nitrogens with two attached hydrogens (primary N) is 1. The Kier molecular flexibility index (Phi) is 6.28. The summed E-state index contributed by atoms with van der Waals surface area (Å²) < 4.78 is 23.5. The van der Waals surface area contributed by atoms with Crippen molar-refractivity contribution in [2.45, 2.75) is 57.5 Å². The fraction of sp³-hybridized carbons (Fsp3) is 0.517. The van der Waals surface area contributed by atoms with E-state index in [1.165, 1.54) is 25.3 Å². The predicted octanol–water partition coefficient (Wildman–Crippen LogP) is 4.93. The maximum atomic E-state index is 14.7. The molecule has 0 unspecified atom stereocenters. The molecule has 7 rings (SSSR count). The van der Waals surface area contributed by atoms with E-state index in [0.717, 1.165) is 62.3 Å². The first-order valence-electron chi connectivity index (χ1n) is 14.2. The summed E-state index contributed by atoms with van der Waals surface area (Å²) in [4.78, 5) is 19.5. The van der Waals surface area contributed by atoms with Crippen LogP contribution >= 0.6 is 11.3 Å². The summed E-state index contributed by atoms with van der Waals surface area (Å²) in [5.41, 5.74) is 8.58. The molecule has 40 heavy (non-hydrogen) atoms. The molecule has 0 aliphatic carbocycles. The molecule has 1 atom stereocenters. The van der Waals surface area contributed by atoms with E-state index in [0.29, 0.717) is 62.7 Å². The Morgan fingerprint density at radius 3 is 2.80 bits per heavy atom. The number of ether oxygens (including phenoxy) is 1. The third-order valence-corrected chi connectivity index (χ3v) is 10.0. The van der Waals surface area contributed by atoms with E-state index in [-0.39, 0.29) is 11.4 Å². The Morgan fingerprint density at radius 2 is 2.02 bits per heavy atom. The molecule has 1 aromatic carbocycles. The van der Waals surface area contributed by atoms with Gasteiger partial charge in [-0.15, -0.1) is 11.3 Å². The van der Waals surface area contributed by atoms with Crippen LogP contribution in [-0.2, 0) is 6.54 Å². The molecule has 3 aromatic heterocycles. The van der Waals surface area contributed by atoms with E-state index in [9.17, 15) is 9.65 Å². The lowest BCUT2D eigenvalue weighted by molar-refractivity contribution is 0.111. The molecule has 0 saturated carbocycles. The number of aromatic nitrogens is 4. The molecule has 3 aliphatic rings. The second-order valence-electron chi connectivity index (χ2n) is 11.6. The topological polar surface area (TPSA) is 109 Å². The third kappa shape index (κ3) is 4.16. The van der Waals surface area contributed by atoms with Gasteiger partial charge in [0.1, 0.15) is 23.5 Å². The average molecular weight is 561 g/mol. The number of fused-ring (bicyclic) bond motifs is 3. The summed E-state index contributed by atoms with van der Waals surface area (Å²) in [7, 11) is 0. The molecular weight excluding hydrogens is 527 g/mol. The largest absolute Gasteiger partial charge is 0.474 e. The molecule has 0 bridgehead atoms. The van der Waals surface area contributed by atoms with Crippen LogP contribution in [0.2, 0.25) is 0 Å². The molecule has 0 radical (unpaired) electrons. The van der Waals surface area contributed by atoms with Crippen LogP contribution < -0.4 is 15.4 Å². The zero-order valence-corrected chi connectivity index (χ0v) is 23.5. The predicted molar refractivity (Wildman–Crippen MR) is 154 cm³/mol. The zero-order valence-electron chi connectivity index (χ0n) is 22.7. The van der Waals surface area contributed by atoms with Crippen molar-refractivity contribution < 1.29 is 9.13 Å². The molecule has 3 fully saturated rings. The van der Waals surface area contributed by atoms with Gasteiger partial charge in [0.25, 0.3) is 0 Å². The van der Waals surface area contributed by atoms with Gasteiger partial charge in [0, 0.05) is 18.5 Å². The number of halogens is 1. The Labute approximate surface area is 236 Å². The van der Waals surface area contributed by atoms with Crippen LogP contribution in [0.3, 0.4) is 0 Å². The maximum Gasteiger partial charge on any atom is 0.247 e. The van der Waals surface area contributed by atoms with Crippen molar-refractivity contribution in [3.8, 4) is 11.9 Å². The van der Waals surface area contributed by atoms with Crippen LogP contribution in [0, 0.1) is 23.1 Å². The molecule has 3 saturated heterocycles. The van der Waals surface area contributed by atoms with Crippen LogP contribution in [0.4, 0.5) is 15.3 Å². The Bertz CT molecular complexity index is 1630. The lowest BCUT2D eigenvalue weighted by Gasteiger charge is -2.32. The van der Waals surface area contributed by atoms with E-state index in [4.69, 9.17) is 25.4 Å². The summed E-state index contributed by atoms with van der Waals surface area (Å²) >= 11 is 1.11. The van der Waals surface area contributed by atoms with Crippen LogP contribution in [-0.4, -0.2) is 62.7 Å². The number of hydrogen-bond donors (Lipinski definition) is 1. The van der Waals surface area contributed by atoms with E-state index in [1.54, 1.807) is 12.4 Å². The van der Waals surface area contributed by atoms with Crippen molar-refractivity contribution in [1.82, 2.24) is 24.4 Å². The number of piperidine rings is 1. The Hall–Kier alpha value is -3.49. The molecule has 0 spiro atoms. The van der Waals surface area contributed by atoms with Crippen LogP contribution in [0.5, 0.6) is 5.88 Å². The minimum Gasteiger partial charge on any atom is -0.474 e. The van der Waals surface area contributed by atoms with Crippen LogP contribution in [0.15, 0.2) is 18.5 Å². The standard InChI is InChI=1S/C29H33FN8OS/c1-18-5-2-10-36(14-18)28-34-26-23(27(35-28)39-16-29-8-3-11-38(29)12-4-9-29)33-17-37(26)15-19-6-7-21(30)24-22(19)20(13-31)25(32)40-24/h6-7,17-18H,2-5,8-12,14-16,32H2,1H3/t18-/m1/s1. The van der Waals surface area contributed by atoms with Gasteiger partial charge in [-0.3, -0.25) is 4.90 Å². The number of benzene rings is 1. The molecule has 208 valence electrons. The minimum atomic E-state index is -0.376. The molecule has 2 N–H and O–H groups in total. The molecular formula is C29H33FN8OS. The smallest absolute Gasteiger partial charge is 0.247 e. The number of thiophene rings is 1. The van der Waals surface area contributed by atoms with Gasteiger partial charge in [-0.25, -0.2) is 9.37 Å². The van der Waals surface area contributed by atoms with Crippen molar-refractivity contribution in [3.05, 3.63) is 35.4 Å². The number of hydrogen-bond acceptors (Lipinski definition) is 9. The Morgan fingerprint density at radius 1 is 1.20 bits per heavy atom. The first-order chi connectivity index (χ1) is 19.5. The van der Waals surface area contributed by atoms with Gasteiger partial charge in [-0.1, -0.05) is 13.0 Å². The molecule has 0 amide bonds. The number of anilines is 2. The highest BCUT2D eigenvalue weighted by Crippen LogP contribution is 2.40. The highest BCUT2D eigenvalue weighted by atomic mass is 32.1.